The minimum atomic E-state index is -0.507. The number of carbonyl (C=O) groups is 2. The van der Waals surface area contributed by atoms with E-state index in [4.69, 9.17) is 23.1 Å². The maximum absolute atomic E-state index is 13.1. The molecule has 4 heterocycles. The third kappa shape index (κ3) is 5.33. The summed E-state index contributed by atoms with van der Waals surface area (Å²) in [6.45, 7) is 1.58. The molecule has 3 aromatic rings. The van der Waals surface area contributed by atoms with Crippen LogP contribution in [0.5, 0.6) is 0 Å². The molecule has 2 aromatic heterocycles. The molecule has 11 nitrogen and oxygen atoms in total. The van der Waals surface area contributed by atoms with Gasteiger partial charge in [0.2, 0.25) is 0 Å². The number of guanidine groups is 1. The molecule has 0 unspecified atom stereocenters. The van der Waals surface area contributed by atoms with Gasteiger partial charge in [0.1, 0.15) is 16.5 Å². The number of carbonyl (C=O) groups excluding carboxylic acids is 2. The van der Waals surface area contributed by atoms with Crippen molar-refractivity contribution in [2.75, 3.05) is 31.1 Å². The molecule has 192 valence electrons. The van der Waals surface area contributed by atoms with Gasteiger partial charge in [-0.05, 0) is 25.0 Å². The number of rotatable bonds is 4. The number of likely N-dealkylation sites (tertiary alicyclic amines) is 1. The lowest BCUT2D eigenvalue weighted by Gasteiger charge is -2.39. The summed E-state index contributed by atoms with van der Waals surface area (Å²) in [5, 5.41) is 9.29. The van der Waals surface area contributed by atoms with Crippen LogP contribution in [-0.4, -0.2) is 62.8 Å². The summed E-state index contributed by atoms with van der Waals surface area (Å²) >= 11 is 9.49. The topological polar surface area (TPSA) is 165 Å². The number of hydrogen-bond acceptors (Lipinski definition) is 10. The molecular formula is C23H23ClIN9O2S. The largest absolute Gasteiger partial charge is 0.382 e. The molecule has 14 heteroatoms. The number of nitrogens with zero attached hydrogens (tertiary/aromatic N) is 5. The molecule has 1 spiro atoms. The quantitative estimate of drug-likeness (QED) is 0.247. The van der Waals surface area contributed by atoms with E-state index in [0.717, 1.165) is 10.6 Å². The van der Waals surface area contributed by atoms with E-state index < -0.39 is 5.91 Å². The van der Waals surface area contributed by atoms with Crippen LogP contribution in [0, 0.1) is 0 Å². The van der Waals surface area contributed by atoms with Crippen LogP contribution in [0.25, 0.3) is 10.6 Å². The van der Waals surface area contributed by atoms with Crippen LogP contribution in [0.2, 0.25) is 5.02 Å². The summed E-state index contributed by atoms with van der Waals surface area (Å²) in [7, 11) is 0. The van der Waals surface area contributed by atoms with Crippen molar-refractivity contribution in [1.29, 1.82) is 0 Å². The number of amides is 2. The molecule has 0 aliphatic carbocycles. The smallest absolute Gasteiger partial charge is 0.280 e. The standard InChI is InChI=1S/C23H23ClIN9O2S/c24-13-3-1-12(2-4-13)20-30-15(10-37-20)21(36)34-7-5-23(6-8-34)11-28-22(33-23)32-19(35)16-18(27)31-17(26)14(9-25)29-16/h1-4,10H,5-9,11H2,(H4,26,27,31)(H2,28,32,33,35). The number of piperidine rings is 1. The van der Waals surface area contributed by atoms with Crippen LogP contribution in [0.1, 0.15) is 39.5 Å². The van der Waals surface area contributed by atoms with Crippen molar-refractivity contribution in [1.82, 2.24) is 30.5 Å². The van der Waals surface area contributed by atoms with Crippen molar-refractivity contribution in [2.24, 2.45) is 4.99 Å². The first-order valence-corrected chi connectivity index (χ1v) is 14.2. The molecule has 0 radical (unpaired) electrons. The molecule has 0 atom stereocenters. The van der Waals surface area contributed by atoms with Crippen molar-refractivity contribution < 1.29 is 9.59 Å². The third-order valence-electron chi connectivity index (χ3n) is 6.35. The van der Waals surface area contributed by atoms with Crippen LogP contribution in [0.3, 0.4) is 0 Å². The Bertz CT molecular complexity index is 1390. The maximum Gasteiger partial charge on any atom is 0.280 e. The molecule has 2 amide bonds. The van der Waals surface area contributed by atoms with Crippen LogP contribution >= 0.6 is 45.5 Å². The third-order valence-corrected chi connectivity index (χ3v) is 8.21. The molecular weight excluding hydrogens is 629 g/mol. The molecule has 0 saturated carbocycles. The Balaban J connectivity index is 1.17. The second kappa shape index (κ2) is 10.4. The number of aromatic nitrogens is 3. The monoisotopic (exact) mass is 651 g/mol. The lowest BCUT2D eigenvalue weighted by atomic mass is 9.88. The molecule has 1 saturated heterocycles. The van der Waals surface area contributed by atoms with Crippen LogP contribution in [0.4, 0.5) is 11.6 Å². The molecule has 0 bridgehead atoms. The van der Waals surface area contributed by atoms with Gasteiger partial charge in [-0.3, -0.25) is 19.9 Å². The van der Waals surface area contributed by atoms with E-state index in [1.807, 2.05) is 12.1 Å². The van der Waals surface area contributed by atoms with E-state index in [1.54, 1.807) is 22.4 Å². The zero-order chi connectivity index (χ0) is 26.2. The maximum atomic E-state index is 13.1. The van der Waals surface area contributed by atoms with Gasteiger partial charge >= 0.3 is 0 Å². The zero-order valence-electron chi connectivity index (χ0n) is 19.5. The van der Waals surface area contributed by atoms with E-state index in [2.05, 4.69) is 53.2 Å². The summed E-state index contributed by atoms with van der Waals surface area (Å²) in [4.78, 5) is 44.9. The summed E-state index contributed by atoms with van der Waals surface area (Å²) in [5.41, 5.74) is 13.2. The average molecular weight is 652 g/mol. The van der Waals surface area contributed by atoms with Crippen molar-refractivity contribution in [3.63, 3.8) is 0 Å². The molecule has 37 heavy (non-hydrogen) atoms. The lowest BCUT2D eigenvalue weighted by Crippen LogP contribution is -2.57. The normalized spacial score (nSPS) is 16.4. The van der Waals surface area contributed by atoms with E-state index in [0.29, 0.717) is 59.3 Å². The fraction of sp³-hybridized carbons (Fsp3) is 0.304. The Morgan fingerprint density at radius 2 is 1.86 bits per heavy atom. The number of benzene rings is 1. The van der Waals surface area contributed by atoms with Gasteiger partial charge in [0.15, 0.2) is 17.5 Å². The Morgan fingerprint density at radius 3 is 2.57 bits per heavy atom. The van der Waals surface area contributed by atoms with Crippen molar-refractivity contribution >= 4 is 74.9 Å². The number of hydrogen-bond donors (Lipinski definition) is 4. The number of anilines is 2. The first kappa shape index (κ1) is 25.6. The van der Waals surface area contributed by atoms with Gasteiger partial charge in [-0.1, -0.05) is 46.3 Å². The van der Waals surface area contributed by atoms with Crippen LogP contribution < -0.4 is 22.1 Å². The zero-order valence-corrected chi connectivity index (χ0v) is 23.2. The number of nitrogens with two attached hydrogens (primary N) is 2. The molecule has 1 aromatic carbocycles. The highest BCUT2D eigenvalue weighted by Crippen LogP contribution is 2.29. The molecule has 2 aliphatic heterocycles. The van der Waals surface area contributed by atoms with E-state index in [9.17, 15) is 9.59 Å². The van der Waals surface area contributed by atoms with Gasteiger partial charge in [-0.25, -0.2) is 15.0 Å². The Hall–Kier alpha value is -3.04. The van der Waals surface area contributed by atoms with Crippen LogP contribution in [0.15, 0.2) is 34.6 Å². The minimum Gasteiger partial charge on any atom is -0.382 e. The highest BCUT2D eigenvalue weighted by atomic mass is 127. The van der Waals surface area contributed by atoms with Gasteiger partial charge in [0.05, 0.1) is 17.8 Å². The van der Waals surface area contributed by atoms with E-state index in [-0.39, 0.29) is 28.8 Å². The summed E-state index contributed by atoms with van der Waals surface area (Å²) in [6, 6.07) is 7.38. The molecule has 6 N–H and O–H groups in total. The second-order valence-electron chi connectivity index (χ2n) is 8.78. The van der Waals surface area contributed by atoms with Crippen molar-refractivity contribution in [2.45, 2.75) is 22.8 Å². The Labute approximate surface area is 235 Å². The molecule has 1 fully saturated rings. The van der Waals surface area contributed by atoms with Gasteiger partial charge in [0.25, 0.3) is 11.8 Å². The Kier molecular flexibility index (Phi) is 7.18. The fourth-order valence-electron chi connectivity index (χ4n) is 4.24. The molecule has 5 rings (SSSR count). The van der Waals surface area contributed by atoms with Gasteiger partial charge in [-0.2, -0.15) is 0 Å². The molecule has 2 aliphatic rings. The summed E-state index contributed by atoms with van der Waals surface area (Å²) in [5.74, 6) is -0.0796. The number of nitrogens with one attached hydrogen (secondary N) is 2. The van der Waals surface area contributed by atoms with Gasteiger partial charge in [0, 0.05) is 33.5 Å². The van der Waals surface area contributed by atoms with Gasteiger partial charge in [-0.15, -0.1) is 11.3 Å². The number of nitrogen functional groups attached to an aromatic ring is 2. The number of alkyl halides is 1. The summed E-state index contributed by atoms with van der Waals surface area (Å²) < 4.78 is 0.498. The highest BCUT2D eigenvalue weighted by Gasteiger charge is 2.40. The number of thiazole rings is 1. The predicted octanol–water partition coefficient (Wildman–Crippen LogP) is 2.72. The van der Waals surface area contributed by atoms with E-state index >= 15 is 0 Å². The first-order valence-electron chi connectivity index (χ1n) is 11.4. The summed E-state index contributed by atoms with van der Waals surface area (Å²) in [6.07, 6.45) is 1.36. The average Bonchev–Trinajstić information content (AvgIpc) is 3.52. The SMILES string of the molecule is Nc1nc(N)c(C(=O)NC2=NCC3(CCN(C(=O)c4csc(-c5ccc(Cl)cc5)n4)CC3)N2)nc1CI. The number of aliphatic imine (C=N–C) groups is 1. The predicted molar refractivity (Wildman–Crippen MR) is 152 cm³/mol. The second-order valence-corrected chi connectivity index (χ2v) is 10.8. The Morgan fingerprint density at radius 1 is 1.14 bits per heavy atom. The van der Waals surface area contributed by atoms with Crippen molar-refractivity contribution in [3.8, 4) is 10.6 Å². The van der Waals surface area contributed by atoms with Crippen molar-refractivity contribution in [3.05, 3.63) is 51.7 Å². The minimum absolute atomic E-state index is 0.00737. The first-order chi connectivity index (χ1) is 17.8. The number of halogens is 2. The van der Waals surface area contributed by atoms with E-state index in [1.165, 1.54) is 11.3 Å². The van der Waals surface area contributed by atoms with Gasteiger partial charge < -0.3 is 21.7 Å². The highest BCUT2D eigenvalue weighted by molar-refractivity contribution is 14.1. The fourth-order valence-corrected chi connectivity index (χ4v) is 5.73. The lowest BCUT2D eigenvalue weighted by molar-refractivity contribution is 0.0663. The van der Waals surface area contributed by atoms with Crippen LogP contribution in [-0.2, 0) is 4.43 Å².